The van der Waals surface area contributed by atoms with E-state index >= 15 is 0 Å². The van der Waals surface area contributed by atoms with E-state index in [0.717, 1.165) is 26.6 Å². The van der Waals surface area contributed by atoms with Crippen LogP contribution in [0.5, 0.6) is 0 Å². The molecule has 2 aromatic carbocycles. The second-order valence-electron chi connectivity index (χ2n) is 7.23. The Morgan fingerprint density at radius 1 is 1.12 bits per heavy atom. The van der Waals surface area contributed by atoms with Crippen LogP contribution in [0.15, 0.2) is 60.0 Å². The number of benzene rings is 2. The zero-order valence-electron chi connectivity index (χ0n) is 17.2. The van der Waals surface area contributed by atoms with Gasteiger partial charge in [-0.25, -0.2) is 4.98 Å². The summed E-state index contributed by atoms with van der Waals surface area (Å²) in [6.07, 6.45) is 0.769. The zero-order chi connectivity index (χ0) is 22.7. The number of halogens is 1. The lowest BCUT2D eigenvalue weighted by Gasteiger charge is -2.06. The number of aryl methyl sites for hydroxylation is 1. The quantitative estimate of drug-likeness (QED) is 0.355. The fraction of sp³-hybridized carbons (Fsp3) is 0.125. The highest BCUT2D eigenvalue weighted by Gasteiger charge is 2.23. The third kappa shape index (κ3) is 5.07. The van der Waals surface area contributed by atoms with Crippen LogP contribution in [-0.4, -0.2) is 16.8 Å². The van der Waals surface area contributed by atoms with Crippen molar-refractivity contribution in [2.45, 2.75) is 19.8 Å². The summed E-state index contributed by atoms with van der Waals surface area (Å²) in [7, 11) is 0. The number of aromatic nitrogens is 1. The van der Waals surface area contributed by atoms with Gasteiger partial charge in [0.1, 0.15) is 5.00 Å². The second kappa shape index (κ2) is 9.65. The van der Waals surface area contributed by atoms with E-state index in [4.69, 9.17) is 17.3 Å². The maximum absolute atomic E-state index is 12.7. The van der Waals surface area contributed by atoms with E-state index in [-0.39, 0.29) is 12.3 Å². The molecule has 0 unspecified atom stereocenters. The summed E-state index contributed by atoms with van der Waals surface area (Å²) in [5.74, 6) is -0.811. The first-order valence-corrected chi connectivity index (χ1v) is 11.9. The van der Waals surface area contributed by atoms with Crippen molar-refractivity contribution in [3.05, 3.63) is 91.7 Å². The minimum absolute atomic E-state index is 0.113. The van der Waals surface area contributed by atoms with E-state index in [1.54, 1.807) is 0 Å². The Morgan fingerprint density at radius 3 is 2.62 bits per heavy atom. The van der Waals surface area contributed by atoms with Gasteiger partial charge in [0.2, 0.25) is 5.91 Å². The van der Waals surface area contributed by atoms with Crippen LogP contribution in [0.1, 0.15) is 31.5 Å². The Labute approximate surface area is 198 Å². The lowest BCUT2D eigenvalue weighted by atomic mass is 10.0. The van der Waals surface area contributed by atoms with Crippen LogP contribution < -0.4 is 11.1 Å². The minimum Gasteiger partial charge on any atom is -0.365 e. The lowest BCUT2D eigenvalue weighted by Crippen LogP contribution is -2.18. The molecule has 4 aromatic rings. The number of anilines is 1. The predicted octanol–water partition coefficient (Wildman–Crippen LogP) is 5.70. The summed E-state index contributed by atoms with van der Waals surface area (Å²) in [6, 6.07) is 17.2. The fourth-order valence-corrected chi connectivity index (χ4v) is 5.63. The molecule has 0 aliphatic heterocycles. The molecule has 0 radical (unpaired) electrons. The molecule has 0 spiro atoms. The normalized spacial score (nSPS) is 10.8. The van der Waals surface area contributed by atoms with Gasteiger partial charge in [0.25, 0.3) is 5.91 Å². The molecule has 0 fully saturated rings. The summed E-state index contributed by atoms with van der Waals surface area (Å²) in [5.41, 5.74) is 9.42. The average Bonchev–Trinajstić information content (AvgIpc) is 3.31. The van der Waals surface area contributed by atoms with Crippen LogP contribution in [0.25, 0.3) is 11.1 Å². The van der Waals surface area contributed by atoms with E-state index in [9.17, 15) is 9.59 Å². The molecule has 2 aromatic heterocycles. The van der Waals surface area contributed by atoms with Gasteiger partial charge in [0.15, 0.2) is 0 Å². The molecule has 2 amide bonds. The number of carbonyl (C=O) groups excluding carboxylic acids is 2. The Balaban J connectivity index is 1.49. The second-order valence-corrected chi connectivity index (χ2v) is 9.84. The number of thiophene rings is 1. The molecule has 0 saturated carbocycles. The Bertz CT molecular complexity index is 1280. The SMILES string of the molecule is Cc1sc(NC(=O)Cc2csc(Cc3cccc(Cl)c3)n2)c(C(N)=O)c1-c1ccccc1. The number of hydrogen-bond donors (Lipinski definition) is 2. The largest absolute Gasteiger partial charge is 0.365 e. The van der Waals surface area contributed by atoms with E-state index in [1.807, 2.05) is 66.9 Å². The smallest absolute Gasteiger partial charge is 0.252 e. The van der Waals surface area contributed by atoms with Gasteiger partial charge in [0, 0.05) is 27.3 Å². The highest BCUT2D eigenvalue weighted by atomic mass is 35.5. The predicted molar refractivity (Wildman–Crippen MR) is 132 cm³/mol. The number of rotatable bonds is 7. The first kappa shape index (κ1) is 22.2. The summed E-state index contributed by atoms with van der Waals surface area (Å²) in [5, 5.41) is 6.80. The van der Waals surface area contributed by atoms with Gasteiger partial charge in [-0.3, -0.25) is 9.59 Å². The third-order valence-corrected chi connectivity index (χ3v) is 6.98. The maximum atomic E-state index is 12.7. The number of hydrogen-bond acceptors (Lipinski definition) is 5. The van der Waals surface area contributed by atoms with Gasteiger partial charge in [0.05, 0.1) is 22.7 Å². The summed E-state index contributed by atoms with van der Waals surface area (Å²) in [6.45, 7) is 1.91. The molecule has 0 aliphatic rings. The van der Waals surface area contributed by atoms with E-state index in [1.165, 1.54) is 22.7 Å². The Kier molecular flexibility index (Phi) is 6.69. The lowest BCUT2D eigenvalue weighted by molar-refractivity contribution is -0.115. The monoisotopic (exact) mass is 481 g/mol. The van der Waals surface area contributed by atoms with Crippen molar-refractivity contribution >= 4 is 51.1 Å². The van der Waals surface area contributed by atoms with Crippen molar-refractivity contribution in [3.63, 3.8) is 0 Å². The Morgan fingerprint density at radius 2 is 1.91 bits per heavy atom. The molecular formula is C24H20ClN3O2S2. The molecule has 0 atom stereocenters. The summed E-state index contributed by atoms with van der Waals surface area (Å²) < 4.78 is 0. The molecular weight excluding hydrogens is 462 g/mol. The van der Waals surface area contributed by atoms with E-state index in [0.29, 0.717) is 27.7 Å². The molecule has 3 N–H and O–H groups in total. The molecule has 0 aliphatic carbocycles. The fourth-order valence-electron chi connectivity index (χ4n) is 3.49. The molecule has 32 heavy (non-hydrogen) atoms. The van der Waals surface area contributed by atoms with E-state index < -0.39 is 5.91 Å². The number of nitrogens with one attached hydrogen (secondary N) is 1. The number of amides is 2. The number of nitrogens with zero attached hydrogens (tertiary/aromatic N) is 1. The molecule has 5 nitrogen and oxygen atoms in total. The molecule has 2 heterocycles. The third-order valence-electron chi connectivity index (χ3n) is 4.83. The summed E-state index contributed by atoms with van der Waals surface area (Å²) in [4.78, 5) is 30.4. The number of thiazole rings is 1. The first-order valence-electron chi connectivity index (χ1n) is 9.87. The van der Waals surface area contributed by atoms with Crippen molar-refractivity contribution in [2.24, 2.45) is 5.73 Å². The van der Waals surface area contributed by atoms with Gasteiger partial charge in [-0.1, -0.05) is 54.1 Å². The van der Waals surface area contributed by atoms with Crippen LogP contribution in [0.3, 0.4) is 0 Å². The van der Waals surface area contributed by atoms with Gasteiger partial charge < -0.3 is 11.1 Å². The number of carbonyl (C=O) groups is 2. The van der Waals surface area contributed by atoms with Crippen LogP contribution >= 0.6 is 34.3 Å². The van der Waals surface area contributed by atoms with Crippen LogP contribution in [0.2, 0.25) is 5.02 Å². The highest BCUT2D eigenvalue weighted by molar-refractivity contribution is 7.17. The van der Waals surface area contributed by atoms with Gasteiger partial charge >= 0.3 is 0 Å². The van der Waals surface area contributed by atoms with Crippen molar-refractivity contribution in [3.8, 4) is 11.1 Å². The molecule has 0 bridgehead atoms. The number of primary amides is 1. The maximum Gasteiger partial charge on any atom is 0.252 e. The minimum atomic E-state index is -0.569. The van der Waals surface area contributed by atoms with Crippen molar-refractivity contribution < 1.29 is 9.59 Å². The van der Waals surface area contributed by atoms with Crippen molar-refractivity contribution in [1.82, 2.24) is 4.98 Å². The van der Waals surface area contributed by atoms with Crippen molar-refractivity contribution in [2.75, 3.05) is 5.32 Å². The van der Waals surface area contributed by atoms with Crippen LogP contribution in [0, 0.1) is 6.92 Å². The van der Waals surface area contributed by atoms with Gasteiger partial charge in [-0.05, 0) is 30.2 Å². The zero-order valence-corrected chi connectivity index (χ0v) is 19.6. The molecule has 162 valence electrons. The topological polar surface area (TPSA) is 85.1 Å². The Hall–Kier alpha value is -3.00. The number of nitrogens with two attached hydrogens (primary N) is 1. The molecule has 4 rings (SSSR count). The average molecular weight is 482 g/mol. The standard InChI is InChI=1S/C24H20ClN3O2S2/c1-14-21(16-7-3-2-4-8-16)22(23(26)30)24(32-14)28-19(29)12-18-13-31-20(27-18)11-15-6-5-9-17(25)10-15/h2-10,13H,11-12H2,1H3,(H2,26,30)(H,28,29). The van der Waals surface area contributed by atoms with Crippen LogP contribution in [-0.2, 0) is 17.6 Å². The molecule has 0 saturated heterocycles. The molecule has 8 heteroatoms. The first-order chi connectivity index (χ1) is 15.4. The van der Waals surface area contributed by atoms with Crippen molar-refractivity contribution in [1.29, 1.82) is 0 Å². The highest BCUT2D eigenvalue weighted by Crippen LogP contribution is 2.39. The summed E-state index contributed by atoms with van der Waals surface area (Å²) >= 11 is 8.90. The van der Waals surface area contributed by atoms with Gasteiger partial charge in [-0.15, -0.1) is 22.7 Å². The van der Waals surface area contributed by atoms with E-state index in [2.05, 4.69) is 10.3 Å². The van der Waals surface area contributed by atoms with Gasteiger partial charge in [-0.2, -0.15) is 0 Å². The van der Waals surface area contributed by atoms with Crippen LogP contribution in [0.4, 0.5) is 5.00 Å².